The molecular weight excluding hydrogens is 502 g/mol. The van der Waals surface area contributed by atoms with E-state index in [1.54, 1.807) is 19.9 Å². The number of carbonyl (C=O) groups excluding carboxylic acids is 1. The monoisotopic (exact) mass is 526 g/mol. The lowest BCUT2D eigenvalue weighted by Crippen LogP contribution is -2.33. The maximum Gasteiger partial charge on any atom is 0.261 e. The molecular formula is C22H25ClF2N6O3S. The molecule has 0 saturated heterocycles. The molecule has 0 radical (unpaired) electrons. The summed E-state index contributed by atoms with van der Waals surface area (Å²) in [6.07, 6.45) is -2.16. The maximum absolute atomic E-state index is 14.8. The van der Waals surface area contributed by atoms with Crippen LogP contribution in [0.1, 0.15) is 53.1 Å². The number of hydrogen-bond acceptors (Lipinski definition) is 6. The Morgan fingerprint density at radius 2 is 1.89 bits per heavy atom. The molecule has 0 spiro atoms. The number of sulfonamides is 1. The molecule has 1 heterocycles. The lowest BCUT2D eigenvalue weighted by Gasteiger charge is -2.25. The Kier molecular flexibility index (Phi) is 7.87. The van der Waals surface area contributed by atoms with E-state index in [4.69, 9.17) is 11.6 Å². The number of halogens is 3. The van der Waals surface area contributed by atoms with E-state index in [0.29, 0.717) is 11.1 Å². The van der Waals surface area contributed by atoms with Gasteiger partial charge < -0.3 is 4.90 Å². The van der Waals surface area contributed by atoms with Gasteiger partial charge in [0, 0.05) is 30.6 Å². The summed E-state index contributed by atoms with van der Waals surface area (Å²) in [5.41, 5.74) is 1.48. The average molecular weight is 527 g/mol. The highest BCUT2D eigenvalue weighted by Crippen LogP contribution is 2.35. The van der Waals surface area contributed by atoms with Crippen molar-refractivity contribution < 1.29 is 22.0 Å². The van der Waals surface area contributed by atoms with Crippen molar-refractivity contribution in [2.75, 3.05) is 14.1 Å². The molecule has 1 amide bonds. The zero-order valence-electron chi connectivity index (χ0n) is 19.7. The number of benzene rings is 2. The van der Waals surface area contributed by atoms with Crippen molar-refractivity contribution in [1.29, 1.82) is 0 Å². The molecule has 3 rings (SSSR count). The molecule has 13 heteroatoms. The first-order chi connectivity index (χ1) is 16.3. The fourth-order valence-corrected chi connectivity index (χ4v) is 5.21. The second-order valence-corrected chi connectivity index (χ2v) is 10.5. The van der Waals surface area contributed by atoms with Crippen LogP contribution in [0.4, 0.5) is 8.78 Å². The molecule has 0 aliphatic carbocycles. The molecule has 35 heavy (non-hydrogen) atoms. The third kappa shape index (κ3) is 5.49. The van der Waals surface area contributed by atoms with Crippen LogP contribution in [-0.2, 0) is 14.8 Å². The summed E-state index contributed by atoms with van der Waals surface area (Å²) in [6.45, 7) is 5.19. The minimum Gasteiger partial charge on any atom is -0.346 e. The molecule has 9 nitrogen and oxygen atoms in total. The molecule has 2 N–H and O–H groups in total. The standard InChI is InChI=1S/C22H25ClF2N6O3S/c1-11-6-9-17(24)18(12(11)2)13(3)20(21-26-29-30-27-21)28-35(33,34)14-7-8-16(23)15(10-14)19(25)22(32)31(4)5/h6-10,13,19-20,28H,1-5H3,(H,26,27,29,30). The van der Waals surface area contributed by atoms with Gasteiger partial charge in [0.1, 0.15) is 5.82 Å². The van der Waals surface area contributed by atoms with E-state index in [0.717, 1.165) is 16.5 Å². The number of carbonyl (C=O) groups is 1. The van der Waals surface area contributed by atoms with E-state index < -0.39 is 39.9 Å². The van der Waals surface area contributed by atoms with Gasteiger partial charge in [0.2, 0.25) is 16.2 Å². The van der Waals surface area contributed by atoms with Crippen LogP contribution in [0.25, 0.3) is 0 Å². The van der Waals surface area contributed by atoms with E-state index in [2.05, 4.69) is 25.3 Å². The van der Waals surface area contributed by atoms with Crippen LogP contribution in [-0.4, -0.2) is 53.9 Å². The quantitative estimate of drug-likeness (QED) is 0.463. The topological polar surface area (TPSA) is 121 Å². The Morgan fingerprint density at radius 3 is 2.49 bits per heavy atom. The number of likely N-dealkylation sites (N-methyl/N-ethyl adjacent to an activating group) is 1. The fourth-order valence-electron chi connectivity index (χ4n) is 3.69. The van der Waals surface area contributed by atoms with E-state index in [1.807, 2.05) is 6.92 Å². The highest BCUT2D eigenvalue weighted by atomic mass is 35.5. The van der Waals surface area contributed by atoms with Crippen LogP contribution in [0.3, 0.4) is 0 Å². The first-order valence-corrected chi connectivity index (χ1v) is 12.4. The minimum absolute atomic E-state index is 0.0123. The van der Waals surface area contributed by atoms with Crippen molar-refractivity contribution in [3.05, 3.63) is 69.2 Å². The minimum atomic E-state index is -4.34. The molecule has 1 aromatic heterocycles. The van der Waals surface area contributed by atoms with E-state index >= 15 is 0 Å². The third-order valence-electron chi connectivity index (χ3n) is 5.82. The van der Waals surface area contributed by atoms with Crippen molar-refractivity contribution in [2.45, 2.75) is 43.8 Å². The highest BCUT2D eigenvalue weighted by molar-refractivity contribution is 7.89. The first kappa shape index (κ1) is 26.6. The summed E-state index contributed by atoms with van der Waals surface area (Å²) in [4.78, 5) is 12.8. The Balaban J connectivity index is 2.04. The van der Waals surface area contributed by atoms with Gasteiger partial charge in [-0.3, -0.25) is 4.79 Å². The van der Waals surface area contributed by atoms with Crippen molar-refractivity contribution in [3.63, 3.8) is 0 Å². The summed E-state index contributed by atoms with van der Waals surface area (Å²) in [6, 6.07) is 5.18. The highest BCUT2D eigenvalue weighted by Gasteiger charge is 2.33. The van der Waals surface area contributed by atoms with Gasteiger partial charge >= 0.3 is 0 Å². The molecule has 3 atom stereocenters. The molecule has 188 valence electrons. The Morgan fingerprint density at radius 1 is 1.20 bits per heavy atom. The molecule has 3 aromatic rings. The van der Waals surface area contributed by atoms with Gasteiger partial charge in [0.05, 0.1) is 10.9 Å². The number of hydrogen-bond donors (Lipinski definition) is 2. The number of aromatic nitrogens is 4. The van der Waals surface area contributed by atoms with Gasteiger partial charge in [-0.1, -0.05) is 29.8 Å². The molecule has 3 unspecified atom stereocenters. The predicted molar refractivity (Wildman–Crippen MR) is 126 cm³/mol. The summed E-state index contributed by atoms with van der Waals surface area (Å²) in [7, 11) is -1.60. The van der Waals surface area contributed by atoms with Crippen molar-refractivity contribution in [3.8, 4) is 0 Å². The number of aromatic amines is 1. The zero-order valence-corrected chi connectivity index (χ0v) is 21.2. The number of nitrogens with zero attached hydrogens (tertiary/aromatic N) is 4. The van der Waals surface area contributed by atoms with E-state index in [1.165, 1.54) is 32.3 Å². The second-order valence-electron chi connectivity index (χ2n) is 8.34. The third-order valence-corrected chi connectivity index (χ3v) is 7.60. The zero-order chi connectivity index (χ0) is 26.1. The molecule has 0 aliphatic heterocycles. The summed E-state index contributed by atoms with van der Waals surface area (Å²) < 4.78 is 58.8. The lowest BCUT2D eigenvalue weighted by atomic mass is 9.88. The van der Waals surface area contributed by atoms with Crippen LogP contribution in [0.15, 0.2) is 35.2 Å². The fraction of sp³-hybridized carbons (Fsp3) is 0.364. The predicted octanol–water partition coefficient (Wildman–Crippen LogP) is 3.53. The summed E-state index contributed by atoms with van der Waals surface area (Å²) in [5, 5.41) is 13.5. The number of alkyl halides is 1. The number of amides is 1. The van der Waals surface area contributed by atoms with Gasteiger partial charge in [-0.25, -0.2) is 17.2 Å². The SMILES string of the molecule is Cc1ccc(F)c(C(C)C(NS(=O)(=O)c2ccc(Cl)c(C(F)C(=O)N(C)C)c2)c2nn[nH]n2)c1C. The Labute approximate surface area is 206 Å². The van der Waals surface area contributed by atoms with Gasteiger partial charge in [-0.2, -0.15) is 9.94 Å². The molecule has 0 bridgehead atoms. The van der Waals surface area contributed by atoms with Gasteiger partial charge in [0.25, 0.3) is 5.91 Å². The molecule has 0 aliphatic rings. The van der Waals surface area contributed by atoms with E-state index in [9.17, 15) is 22.0 Å². The number of rotatable bonds is 8. The maximum atomic E-state index is 14.8. The van der Waals surface area contributed by atoms with Crippen molar-refractivity contribution in [2.24, 2.45) is 0 Å². The van der Waals surface area contributed by atoms with Crippen LogP contribution < -0.4 is 4.72 Å². The van der Waals surface area contributed by atoms with Crippen LogP contribution >= 0.6 is 11.6 Å². The van der Waals surface area contributed by atoms with Crippen LogP contribution in [0.5, 0.6) is 0 Å². The van der Waals surface area contributed by atoms with Gasteiger partial charge in [0.15, 0.2) is 5.82 Å². The summed E-state index contributed by atoms with van der Waals surface area (Å²) in [5.74, 6) is -2.16. The molecule has 0 fully saturated rings. The lowest BCUT2D eigenvalue weighted by molar-refractivity contribution is -0.134. The van der Waals surface area contributed by atoms with Crippen LogP contribution in [0, 0.1) is 19.7 Å². The van der Waals surface area contributed by atoms with Crippen molar-refractivity contribution in [1.82, 2.24) is 30.2 Å². The van der Waals surface area contributed by atoms with Gasteiger partial charge in [-0.05, 0) is 54.8 Å². The normalized spacial score (nSPS) is 14.4. The Bertz CT molecular complexity index is 1340. The number of H-pyrrole nitrogens is 1. The van der Waals surface area contributed by atoms with Crippen molar-refractivity contribution >= 4 is 27.5 Å². The number of tetrazole rings is 1. The second kappa shape index (κ2) is 10.3. The number of nitrogens with one attached hydrogen (secondary N) is 2. The molecule has 0 saturated carbocycles. The number of aryl methyl sites for hydroxylation is 1. The van der Waals surface area contributed by atoms with Crippen LogP contribution in [0.2, 0.25) is 5.02 Å². The van der Waals surface area contributed by atoms with E-state index in [-0.39, 0.29) is 21.3 Å². The average Bonchev–Trinajstić information content (AvgIpc) is 3.34. The summed E-state index contributed by atoms with van der Waals surface area (Å²) >= 11 is 6.06. The smallest absolute Gasteiger partial charge is 0.261 e. The van der Waals surface area contributed by atoms with Gasteiger partial charge in [-0.15, -0.1) is 10.2 Å². The first-order valence-electron chi connectivity index (χ1n) is 10.5. The molecule has 2 aromatic carbocycles. The largest absolute Gasteiger partial charge is 0.346 e. The Hall–Kier alpha value is -2.96.